The lowest BCUT2D eigenvalue weighted by Crippen LogP contribution is -2.47. The molecule has 1 heterocycles. The van der Waals surface area contributed by atoms with Crippen molar-refractivity contribution in [2.75, 3.05) is 0 Å². The molecule has 3 N–H and O–H groups in total. The quantitative estimate of drug-likeness (QED) is 0.359. The van der Waals surface area contributed by atoms with Gasteiger partial charge in [0.1, 0.15) is 0 Å². The molecule has 1 aliphatic heterocycles. The average molecular weight is 250 g/mol. The summed E-state index contributed by atoms with van der Waals surface area (Å²) >= 11 is 0. The number of halogens is 3. The zero-order valence-corrected chi connectivity index (χ0v) is 7.95. The van der Waals surface area contributed by atoms with Gasteiger partial charge in [0.25, 0.3) is 5.60 Å². The van der Waals surface area contributed by atoms with Crippen molar-refractivity contribution in [3.05, 3.63) is 17.7 Å². The molecule has 0 aromatic heterocycles. The number of phenolic OH excluding ortho intramolecular Hbond substituents is 2. The summed E-state index contributed by atoms with van der Waals surface area (Å²) in [5.74, 6) is -4.66. The SMILES string of the molecule is O=C1Oc2c(ccc(O)c2O)C1(O)C(F)(F)F. The maximum absolute atomic E-state index is 12.6. The highest BCUT2D eigenvalue weighted by molar-refractivity contribution is 5.91. The Morgan fingerprint density at radius 1 is 1.24 bits per heavy atom. The Labute approximate surface area is 91.7 Å². The fraction of sp³-hybridized carbons (Fsp3) is 0.222. The second kappa shape index (κ2) is 3.04. The minimum Gasteiger partial charge on any atom is -0.504 e. The molecule has 2 rings (SSSR count). The number of hydrogen-bond donors (Lipinski definition) is 3. The van der Waals surface area contributed by atoms with Crippen molar-refractivity contribution in [3.63, 3.8) is 0 Å². The first-order valence-electron chi connectivity index (χ1n) is 4.26. The highest BCUT2D eigenvalue weighted by atomic mass is 19.4. The van der Waals surface area contributed by atoms with Gasteiger partial charge in [0.15, 0.2) is 11.5 Å². The Balaban J connectivity index is 2.72. The van der Waals surface area contributed by atoms with Crippen LogP contribution >= 0.6 is 0 Å². The Bertz CT molecular complexity index is 510. The molecule has 0 fully saturated rings. The number of hydrogen-bond acceptors (Lipinski definition) is 5. The lowest BCUT2D eigenvalue weighted by Gasteiger charge is -2.21. The number of ether oxygens (including phenoxy) is 1. The van der Waals surface area contributed by atoms with E-state index in [1.807, 2.05) is 0 Å². The topological polar surface area (TPSA) is 87.0 Å². The van der Waals surface area contributed by atoms with E-state index in [-0.39, 0.29) is 0 Å². The van der Waals surface area contributed by atoms with Crippen LogP contribution in [0.1, 0.15) is 5.56 Å². The van der Waals surface area contributed by atoms with Gasteiger partial charge in [-0.05, 0) is 12.1 Å². The summed E-state index contributed by atoms with van der Waals surface area (Å²) in [7, 11) is 0. The third kappa shape index (κ3) is 1.27. The molecule has 0 amide bonds. The molecule has 1 atom stereocenters. The lowest BCUT2D eigenvalue weighted by molar-refractivity contribution is -0.258. The molecule has 92 valence electrons. The Hall–Kier alpha value is -1.96. The molecular weight excluding hydrogens is 245 g/mol. The Kier molecular flexibility index (Phi) is 2.06. The van der Waals surface area contributed by atoms with Gasteiger partial charge in [-0.3, -0.25) is 0 Å². The number of benzene rings is 1. The first-order chi connectivity index (χ1) is 7.69. The summed E-state index contributed by atoms with van der Waals surface area (Å²) in [6, 6.07) is 1.37. The molecule has 1 unspecified atom stereocenters. The minimum absolute atomic E-state index is 0.656. The number of fused-ring (bicyclic) bond motifs is 1. The molecular formula is C9H5F3O5. The number of aromatic hydroxyl groups is 2. The number of alkyl halides is 3. The predicted octanol–water partition coefficient (Wildman–Crippen LogP) is 0.767. The van der Waals surface area contributed by atoms with Crippen molar-refractivity contribution < 1.29 is 38.0 Å². The van der Waals surface area contributed by atoms with Crippen LogP contribution in [-0.4, -0.2) is 27.5 Å². The van der Waals surface area contributed by atoms with Gasteiger partial charge in [0, 0.05) is 0 Å². The smallest absolute Gasteiger partial charge is 0.432 e. The van der Waals surface area contributed by atoms with Crippen LogP contribution < -0.4 is 4.74 Å². The van der Waals surface area contributed by atoms with E-state index < -0.39 is 40.6 Å². The van der Waals surface area contributed by atoms with Gasteiger partial charge in [-0.2, -0.15) is 13.2 Å². The minimum atomic E-state index is -5.29. The van der Waals surface area contributed by atoms with Crippen LogP contribution in [0, 0.1) is 0 Å². The lowest BCUT2D eigenvalue weighted by atomic mass is 9.94. The third-order valence-corrected chi connectivity index (χ3v) is 2.40. The van der Waals surface area contributed by atoms with Crippen LogP contribution in [0.3, 0.4) is 0 Å². The Morgan fingerprint density at radius 3 is 2.35 bits per heavy atom. The molecule has 1 aromatic carbocycles. The van der Waals surface area contributed by atoms with Crippen LogP contribution in [0.25, 0.3) is 0 Å². The van der Waals surface area contributed by atoms with E-state index in [2.05, 4.69) is 4.74 Å². The van der Waals surface area contributed by atoms with Crippen LogP contribution in [0.4, 0.5) is 13.2 Å². The van der Waals surface area contributed by atoms with Crippen molar-refractivity contribution in [1.29, 1.82) is 0 Å². The van der Waals surface area contributed by atoms with E-state index in [0.717, 1.165) is 0 Å². The molecule has 5 nitrogen and oxygen atoms in total. The fourth-order valence-corrected chi connectivity index (χ4v) is 1.49. The highest BCUT2D eigenvalue weighted by Gasteiger charge is 2.67. The fourth-order valence-electron chi connectivity index (χ4n) is 1.49. The largest absolute Gasteiger partial charge is 0.504 e. The van der Waals surface area contributed by atoms with Crippen molar-refractivity contribution >= 4 is 5.97 Å². The van der Waals surface area contributed by atoms with E-state index in [1.54, 1.807) is 0 Å². The van der Waals surface area contributed by atoms with E-state index >= 15 is 0 Å². The van der Waals surface area contributed by atoms with Gasteiger partial charge in [0.2, 0.25) is 5.75 Å². The van der Waals surface area contributed by atoms with Gasteiger partial charge in [-0.1, -0.05) is 0 Å². The van der Waals surface area contributed by atoms with Crippen molar-refractivity contribution in [2.45, 2.75) is 11.8 Å². The second-order valence-corrected chi connectivity index (χ2v) is 3.41. The molecule has 1 aromatic rings. The summed E-state index contributed by atoms with van der Waals surface area (Å²) in [6.45, 7) is 0. The number of aliphatic hydroxyl groups is 1. The zero-order chi connectivity index (χ0) is 13.0. The first-order valence-corrected chi connectivity index (χ1v) is 4.26. The molecule has 0 saturated heterocycles. The summed E-state index contributed by atoms with van der Waals surface area (Å²) in [5.41, 5.74) is -4.78. The van der Waals surface area contributed by atoms with Crippen molar-refractivity contribution in [2.24, 2.45) is 0 Å². The van der Waals surface area contributed by atoms with Crippen LogP contribution in [-0.2, 0) is 10.4 Å². The molecule has 8 heteroatoms. The van der Waals surface area contributed by atoms with Gasteiger partial charge < -0.3 is 20.1 Å². The molecule has 0 saturated carbocycles. The van der Waals surface area contributed by atoms with Crippen molar-refractivity contribution in [1.82, 2.24) is 0 Å². The number of rotatable bonds is 0. The summed E-state index contributed by atoms with van der Waals surface area (Å²) in [5, 5.41) is 27.6. The number of phenols is 2. The number of esters is 1. The first kappa shape index (κ1) is 11.5. The maximum atomic E-state index is 12.6. The molecule has 1 aliphatic rings. The monoisotopic (exact) mass is 250 g/mol. The maximum Gasteiger partial charge on any atom is 0.432 e. The summed E-state index contributed by atoms with van der Waals surface area (Å²) in [4.78, 5) is 11.1. The second-order valence-electron chi connectivity index (χ2n) is 3.41. The molecule has 0 radical (unpaired) electrons. The predicted molar refractivity (Wildman–Crippen MR) is 45.4 cm³/mol. The van der Waals surface area contributed by atoms with E-state index in [0.29, 0.717) is 12.1 Å². The van der Waals surface area contributed by atoms with Gasteiger partial charge in [-0.25, -0.2) is 4.79 Å². The van der Waals surface area contributed by atoms with E-state index in [9.17, 15) is 28.2 Å². The van der Waals surface area contributed by atoms with Crippen LogP contribution in [0.5, 0.6) is 17.2 Å². The summed E-state index contributed by atoms with van der Waals surface area (Å²) in [6.07, 6.45) is -5.29. The highest BCUT2D eigenvalue weighted by Crippen LogP contribution is 2.53. The number of carbonyl (C=O) groups excluding carboxylic acids is 1. The summed E-state index contributed by atoms with van der Waals surface area (Å²) < 4.78 is 42.0. The van der Waals surface area contributed by atoms with Crippen LogP contribution in [0.15, 0.2) is 12.1 Å². The van der Waals surface area contributed by atoms with Gasteiger partial charge in [-0.15, -0.1) is 0 Å². The molecule has 17 heavy (non-hydrogen) atoms. The Morgan fingerprint density at radius 2 is 1.82 bits per heavy atom. The molecule has 0 bridgehead atoms. The van der Waals surface area contributed by atoms with Crippen molar-refractivity contribution in [3.8, 4) is 17.2 Å². The molecule has 0 spiro atoms. The van der Waals surface area contributed by atoms with Gasteiger partial charge >= 0.3 is 12.1 Å². The van der Waals surface area contributed by atoms with E-state index in [4.69, 9.17) is 5.11 Å². The van der Waals surface area contributed by atoms with Crippen LogP contribution in [0.2, 0.25) is 0 Å². The van der Waals surface area contributed by atoms with E-state index in [1.165, 1.54) is 0 Å². The number of carbonyl (C=O) groups is 1. The average Bonchev–Trinajstić information content (AvgIpc) is 2.47. The third-order valence-electron chi connectivity index (χ3n) is 2.40. The molecule has 0 aliphatic carbocycles. The normalized spacial score (nSPS) is 23.4. The zero-order valence-electron chi connectivity index (χ0n) is 7.95. The van der Waals surface area contributed by atoms with Gasteiger partial charge in [0.05, 0.1) is 5.56 Å². The standard InChI is InChI=1S/C9H5F3O5/c10-9(11,12)8(16)3-1-2-4(13)5(14)6(3)17-7(8)15/h1-2,13-14,16H.